The number of nitrogens with one attached hydrogen (secondary N) is 1. The van der Waals surface area contributed by atoms with Gasteiger partial charge in [-0.25, -0.2) is 0 Å². The number of esters is 2. The van der Waals surface area contributed by atoms with Crippen LogP contribution in [0.1, 0.15) is 152 Å². The van der Waals surface area contributed by atoms with Crippen molar-refractivity contribution < 1.29 is 89.9 Å². The number of carbonyl (C=O) groups is 3. The van der Waals surface area contributed by atoms with Gasteiger partial charge in [0, 0.05) is 69.4 Å². The number of nitrogens with zero attached hydrogens (tertiary/aromatic N) is 1. The number of carboxylic acid groups (broad SMARTS) is 1. The van der Waals surface area contributed by atoms with Gasteiger partial charge in [-0.2, -0.15) is 0 Å². The Morgan fingerprint density at radius 1 is 0.762 bits per heavy atom. The zero-order valence-electron chi connectivity index (χ0n) is 48.9. The number of aliphatic hydroxyl groups excluding tert-OH is 10. The number of allylic oxidation sites excluding steroid dienone is 4. The van der Waals surface area contributed by atoms with E-state index in [2.05, 4.69) is 29.4 Å². The molecule has 15 N–H and O–H groups in total. The molecule has 0 spiro atoms. The van der Waals surface area contributed by atoms with E-state index in [1.807, 2.05) is 19.9 Å². The number of aliphatic carboxylic acids is 1. The molecular formula is C59H103N3O18. The van der Waals surface area contributed by atoms with Crippen LogP contribution < -0.4 is 11.1 Å². The predicted molar refractivity (Wildman–Crippen MR) is 302 cm³/mol. The number of cyclic esters (lactones) is 1. The Morgan fingerprint density at radius 3 is 2.05 bits per heavy atom. The van der Waals surface area contributed by atoms with Crippen molar-refractivity contribution >= 4 is 23.9 Å². The minimum absolute atomic E-state index is 0.0716. The molecule has 22 unspecified atom stereocenters. The molecule has 2 bridgehead atoms. The Balaban J connectivity index is 2.43. The summed E-state index contributed by atoms with van der Waals surface area (Å²) in [5.74, 6) is -9.43. The van der Waals surface area contributed by atoms with E-state index in [1.165, 1.54) is 12.2 Å². The van der Waals surface area contributed by atoms with E-state index in [1.54, 1.807) is 59.9 Å². The van der Waals surface area contributed by atoms with Gasteiger partial charge in [-0.3, -0.25) is 19.4 Å². The maximum atomic E-state index is 13.8. The van der Waals surface area contributed by atoms with Crippen molar-refractivity contribution in [3.63, 3.8) is 0 Å². The molecule has 1 fully saturated rings. The monoisotopic (exact) mass is 1140 g/mol. The Hall–Kier alpha value is -3.84. The van der Waals surface area contributed by atoms with Crippen LogP contribution >= 0.6 is 0 Å². The van der Waals surface area contributed by atoms with E-state index in [0.29, 0.717) is 5.96 Å². The molecule has 462 valence electrons. The molecule has 21 heteroatoms. The molecule has 0 aromatic carbocycles. The molecule has 0 aromatic heterocycles. The van der Waals surface area contributed by atoms with Gasteiger partial charge >= 0.3 is 17.9 Å². The molecule has 22 atom stereocenters. The molecule has 2 aliphatic rings. The highest BCUT2D eigenvalue weighted by Crippen LogP contribution is 2.36. The van der Waals surface area contributed by atoms with Gasteiger partial charge in [0.2, 0.25) is 0 Å². The summed E-state index contributed by atoms with van der Waals surface area (Å²) in [5.41, 5.74) is 5.68. The minimum atomic E-state index is -2.54. The lowest BCUT2D eigenvalue weighted by Gasteiger charge is -2.45. The van der Waals surface area contributed by atoms with Gasteiger partial charge in [-0.15, -0.1) is 0 Å². The molecule has 2 aliphatic heterocycles. The van der Waals surface area contributed by atoms with E-state index in [4.69, 9.17) is 19.9 Å². The highest BCUT2D eigenvalue weighted by molar-refractivity contribution is 5.90. The molecular weight excluding hydrogens is 1040 g/mol. The minimum Gasteiger partial charge on any atom is -0.481 e. The first-order valence-corrected chi connectivity index (χ1v) is 29.0. The summed E-state index contributed by atoms with van der Waals surface area (Å²) < 4.78 is 17.5. The number of carboxylic acids is 1. The van der Waals surface area contributed by atoms with Crippen molar-refractivity contribution in [1.82, 2.24) is 5.32 Å². The van der Waals surface area contributed by atoms with E-state index < -0.39 is 145 Å². The lowest BCUT2D eigenvalue weighted by atomic mass is 9.83. The highest BCUT2D eigenvalue weighted by Gasteiger charge is 2.50. The second-order valence-electron chi connectivity index (χ2n) is 23.4. The maximum Gasteiger partial charge on any atom is 0.317 e. The fraction of sp³-hybridized carbons (Fsp3) is 0.797. The molecule has 0 saturated carbocycles. The number of guanidine groups is 1. The molecule has 80 heavy (non-hydrogen) atoms. The zero-order valence-corrected chi connectivity index (χ0v) is 48.9. The molecule has 0 radical (unpaired) electrons. The second kappa shape index (κ2) is 36.7. The summed E-state index contributed by atoms with van der Waals surface area (Å²) in [7, 11) is 1.63. The number of carbonyl (C=O) groups excluding carboxylic acids is 2. The van der Waals surface area contributed by atoms with E-state index in [-0.39, 0.29) is 62.7 Å². The molecule has 1 saturated heterocycles. The third-order valence-electron chi connectivity index (χ3n) is 16.2. The number of unbranched alkanes of at least 4 members (excludes halogenated alkanes) is 2. The first-order chi connectivity index (χ1) is 37.5. The Morgan fingerprint density at radius 2 is 1.40 bits per heavy atom. The van der Waals surface area contributed by atoms with Gasteiger partial charge < -0.3 is 86.5 Å². The van der Waals surface area contributed by atoms with Crippen molar-refractivity contribution in [2.75, 3.05) is 13.6 Å². The largest absolute Gasteiger partial charge is 0.481 e. The van der Waals surface area contributed by atoms with Gasteiger partial charge in [0.1, 0.15) is 24.7 Å². The number of nitrogens with two attached hydrogens (primary N) is 1. The predicted octanol–water partition coefficient (Wildman–Crippen LogP) is 3.30. The molecule has 0 amide bonds. The van der Waals surface area contributed by atoms with Crippen LogP contribution in [-0.4, -0.2) is 184 Å². The molecule has 2 rings (SSSR count). The number of aliphatic hydroxyl groups is 11. The molecule has 21 nitrogen and oxygen atoms in total. The van der Waals surface area contributed by atoms with Crippen molar-refractivity contribution in [2.24, 2.45) is 58.1 Å². The molecule has 2 heterocycles. The summed E-state index contributed by atoms with van der Waals surface area (Å²) in [6.45, 7) is 14.8. The van der Waals surface area contributed by atoms with Gasteiger partial charge in [0.05, 0.1) is 67.0 Å². The fourth-order valence-electron chi connectivity index (χ4n) is 10.3. The first kappa shape index (κ1) is 72.3. The second-order valence-corrected chi connectivity index (χ2v) is 23.4. The smallest absolute Gasteiger partial charge is 0.317 e. The van der Waals surface area contributed by atoms with Crippen LogP contribution in [0.3, 0.4) is 0 Å². The van der Waals surface area contributed by atoms with Crippen molar-refractivity contribution in [1.29, 1.82) is 0 Å². The van der Waals surface area contributed by atoms with Crippen LogP contribution in [0.5, 0.6) is 0 Å². The Bertz CT molecular complexity index is 1960. The fourth-order valence-corrected chi connectivity index (χ4v) is 10.3. The van der Waals surface area contributed by atoms with Gasteiger partial charge in [-0.1, -0.05) is 103 Å². The van der Waals surface area contributed by atoms with E-state index >= 15 is 0 Å². The van der Waals surface area contributed by atoms with Crippen molar-refractivity contribution in [3.05, 3.63) is 48.6 Å². The number of aliphatic imine (C=N–C) groups is 1. The highest BCUT2D eigenvalue weighted by atomic mass is 16.7. The van der Waals surface area contributed by atoms with Crippen LogP contribution in [0.2, 0.25) is 0 Å². The summed E-state index contributed by atoms with van der Waals surface area (Å²) in [6.07, 6.45) is -0.165. The summed E-state index contributed by atoms with van der Waals surface area (Å²) in [4.78, 5) is 41.7. The zero-order chi connectivity index (χ0) is 60.4. The summed E-state index contributed by atoms with van der Waals surface area (Å²) in [6, 6.07) is 0. The average molecular weight is 1140 g/mol. The van der Waals surface area contributed by atoms with Gasteiger partial charge in [-0.05, 0) is 76.0 Å². The Kier molecular flexibility index (Phi) is 33.1. The van der Waals surface area contributed by atoms with Gasteiger partial charge in [0.25, 0.3) is 0 Å². The third-order valence-corrected chi connectivity index (χ3v) is 16.2. The van der Waals surface area contributed by atoms with Gasteiger partial charge in [0.15, 0.2) is 11.7 Å². The SMILES string of the molecule is CN=C(N)NCCCC=CCCCC(C)CC(C)C1OC(=O)C(C)C(O)/C=C/C(C)C(O)CC(O)C(C)C(O)CCC(C)C(O)CC2(O)OC(CC(OC(=O)CC(=O)O)CC(O)CC(O)C(C)C(O)/C=C/C=C/C1C)CC(O)C2O. The van der Waals surface area contributed by atoms with Crippen LogP contribution in [0.15, 0.2) is 53.6 Å². The van der Waals surface area contributed by atoms with Crippen LogP contribution in [0, 0.1) is 47.3 Å². The number of rotatable bonds is 14. The number of ether oxygens (including phenoxy) is 3. The van der Waals surface area contributed by atoms with Crippen LogP contribution in [0.25, 0.3) is 0 Å². The summed E-state index contributed by atoms with van der Waals surface area (Å²) >= 11 is 0. The standard InChI is InChI=1S/C59H103N3O18/c1-34(18-14-12-10-11-13-17-25-62-58(60)61-9)26-38(5)55-37(4)19-15-16-20-45(64)39(6)49(68)28-42(63)27-43(78-54(74)32-53(72)73)29-44-30-51(70)56(75)59(77,80-44)33-52(71)36(3)22-23-46(65)40(7)50(69)31-48(67)35(2)21-24-47(66)41(8)57(76)79-55/h10-11,15-16,19-21,24,34-52,55-56,63-71,75,77H,12-14,17-18,22-23,25-33H2,1-9H3,(H,72,73)(H3,60,61,62)/b11-10?,19-15+,20-16+,24-21+. The number of hydrogen-bond acceptors (Lipinski definition) is 18. The topological polar surface area (TPSA) is 372 Å². The summed E-state index contributed by atoms with van der Waals surface area (Å²) in [5, 5.41) is 135. The lowest BCUT2D eigenvalue weighted by molar-refractivity contribution is -0.333. The third kappa shape index (κ3) is 26.2. The van der Waals surface area contributed by atoms with E-state index in [0.717, 1.165) is 45.1 Å². The van der Waals surface area contributed by atoms with Crippen LogP contribution in [-0.2, 0) is 28.6 Å². The lowest BCUT2D eigenvalue weighted by Crippen LogP contribution is -2.60. The quantitative estimate of drug-likeness (QED) is 0.0296. The normalized spacial score (nSPS) is 38.9. The molecule has 0 aromatic rings. The Labute approximate surface area is 474 Å². The number of fused-ring (bicyclic) bond motifs is 2. The van der Waals surface area contributed by atoms with Crippen molar-refractivity contribution in [3.8, 4) is 0 Å². The maximum absolute atomic E-state index is 13.8. The average Bonchev–Trinajstić information content (AvgIpc) is 3.38. The number of hydrogen-bond donors (Lipinski definition) is 14. The van der Waals surface area contributed by atoms with E-state index in [9.17, 15) is 75.7 Å². The molecule has 0 aliphatic carbocycles. The first-order valence-electron chi connectivity index (χ1n) is 29.0. The van der Waals surface area contributed by atoms with Crippen molar-refractivity contribution in [2.45, 2.75) is 237 Å². The van der Waals surface area contributed by atoms with Crippen LogP contribution in [0.4, 0.5) is 0 Å².